The van der Waals surface area contributed by atoms with Gasteiger partial charge in [0, 0.05) is 18.1 Å². The summed E-state index contributed by atoms with van der Waals surface area (Å²) in [5.41, 5.74) is 1.03. The monoisotopic (exact) mass is 294 g/mol. The molecule has 1 heterocycles. The minimum absolute atomic E-state index is 0.0240. The van der Waals surface area contributed by atoms with Crippen LogP contribution < -0.4 is 5.32 Å². The van der Waals surface area contributed by atoms with Gasteiger partial charge in [-0.05, 0) is 42.9 Å². The molecule has 110 valence electrons. The van der Waals surface area contributed by atoms with Crippen molar-refractivity contribution in [2.75, 3.05) is 13.1 Å². The van der Waals surface area contributed by atoms with Gasteiger partial charge in [0.15, 0.2) is 0 Å². The zero-order valence-electron chi connectivity index (χ0n) is 12.4. The van der Waals surface area contributed by atoms with Crippen molar-refractivity contribution >= 4 is 17.6 Å². The predicted molar refractivity (Wildman–Crippen MR) is 82.9 cm³/mol. The van der Waals surface area contributed by atoms with Gasteiger partial charge in [-0.3, -0.25) is 0 Å². The molecule has 1 saturated heterocycles. The van der Waals surface area contributed by atoms with Crippen LogP contribution in [0.4, 0.5) is 4.79 Å². The molecule has 3 atom stereocenters. The van der Waals surface area contributed by atoms with Crippen molar-refractivity contribution < 1.29 is 4.79 Å². The molecule has 1 aliphatic heterocycles. The Morgan fingerprint density at radius 1 is 1.35 bits per heavy atom. The molecule has 4 heteroatoms. The van der Waals surface area contributed by atoms with Gasteiger partial charge in [-0.15, -0.1) is 0 Å². The SMILES string of the molecule is CC1CC(C)CN(C(=O)NC(C)c2cccc(Cl)c2)C1. The molecule has 3 nitrogen and oxygen atoms in total. The van der Waals surface area contributed by atoms with Gasteiger partial charge in [0.25, 0.3) is 0 Å². The average Bonchev–Trinajstić information content (AvgIpc) is 2.37. The van der Waals surface area contributed by atoms with E-state index in [0.29, 0.717) is 16.9 Å². The van der Waals surface area contributed by atoms with Crippen LogP contribution in [0.5, 0.6) is 0 Å². The molecule has 1 aromatic carbocycles. The average molecular weight is 295 g/mol. The molecule has 0 aromatic heterocycles. The lowest BCUT2D eigenvalue weighted by molar-refractivity contribution is 0.144. The summed E-state index contributed by atoms with van der Waals surface area (Å²) in [7, 11) is 0. The van der Waals surface area contributed by atoms with E-state index >= 15 is 0 Å². The zero-order chi connectivity index (χ0) is 14.7. The van der Waals surface area contributed by atoms with Crippen LogP contribution in [0.2, 0.25) is 5.02 Å². The largest absolute Gasteiger partial charge is 0.331 e. The van der Waals surface area contributed by atoms with Crippen molar-refractivity contribution in [1.82, 2.24) is 10.2 Å². The smallest absolute Gasteiger partial charge is 0.317 e. The minimum Gasteiger partial charge on any atom is -0.331 e. The number of urea groups is 1. The summed E-state index contributed by atoms with van der Waals surface area (Å²) in [6.07, 6.45) is 1.20. The molecule has 1 aliphatic rings. The minimum atomic E-state index is -0.0336. The number of rotatable bonds is 2. The van der Waals surface area contributed by atoms with E-state index in [9.17, 15) is 4.79 Å². The van der Waals surface area contributed by atoms with E-state index in [1.54, 1.807) is 0 Å². The van der Waals surface area contributed by atoms with Gasteiger partial charge in [0.05, 0.1) is 6.04 Å². The van der Waals surface area contributed by atoms with Crippen molar-refractivity contribution in [3.63, 3.8) is 0 Å². The standard InChI is InChI=1S/C16H23ClN2O/c1-11-7-12(2)10-19(9-11)16(20)18-13(3)14-5-4-6-15(17)8-14/h4-6,8,11-13H,7,9-10H2,1-3H3,(H,18,20). The van der Waals surface area contributed by atoms with Gasteiger partial charge < -0.3 is 10.2 Å². The number of carbonyl (C=O) groups excluding carboxylic acids is 1. The summed E-state index contributed by atoms with van der Waals surface area (Å²) in [6, 6.07) is 7.62. The molecule has 1 aromatic rings. The van der Waals surface area contributed by atoms with E-state index in [1.165, 1.54) is 6.42 Å². The van der Waals surface area contributed by atoms with Gasteiger partial charge in [0.2, 0.25) is 0 Å². The molecule has 0 radical (unpaired) electrons. The number of hydrogen-bond acceptors (Lipinski definition) is 1. The van der Waals surface area contributed by atoms with Crippen molar-refractivity contribution in [2.45, 2.75) is 33.2 Å². The molecule has 20 heavy (non-hydrogen) atoms. The number of nitrogens with zero attached hydrogens (tertiary/aromatic N) is 1. The fourth-order valence-corrected chi connectivity index (χ4v) is 3.16. The maximum Gasteiger partial charge on any atom is 0.317 e. The Morgan fingerprint density at radius 2 is 2.00 bits per heavy atom. The molecular weight excluding hydrogens is 272 g/mol. The van der Waals surface area contributed by atoms with Crippen LogP contribution in [0, 0.1) is 11.8 Å². The van der Waals surface area contributed by atoms with Crippen LogP contribution in [0.15, 0.2) is 24.3 Å². The molecule has 2 amide bonds. The molecule has 0 aliphatic carbocycles. The molecule has 1 fully saturated rings. The summed E-state index contributed by atoms with van der Waals surface area (Å²) in [5, 5.41) is 3.76. The van der Waals surface area contributed by atoms with E-state index in [4.69, 9.17) is 11.6 Å². The van der Waals surface area contributed by atoms with Gasteiger partial charge in [-0.1, -0.05) is 37.6 Å². The highest BCUT2D eigenvalue weighted by Gasteiger charge is 2.26. The lowest BCUT2D eigenvalue weighted by Gasteiger charge is -2.35. The number of piperidine rings is 1. The highest BCUT2D eigenvalue weighted by molar-refractivity contribution is 6.30. The normalized spacial score (nSPS) is 24.3. The summed E-state index contributed by atoms with van der Waals surface area (Å²) in [5.74, 6) is 1.15. The number of carbonyl (C=O) groups is 1. The Bertz CT molecular complexity index is 467. The Balaban J connectivity index is 1.97. The number of amides is 2. The van der Waals surface area contributed by atoms with E-state index in [1.807, 2.05) is 36.1 Å². The Hall–Kier alpha value is -1.22. The number of nitrogens with one attached hydrogen (secondary N) is 1. The van der Waals surface area contributed by atoms with E-state index < -0.39 is 0 Å². The number of hydrogen-bond donors (Lipinski definition) is 1. The molecule has 3 unspecified atom stereocenters. The number of benzene rings is 1. The van der Waals surface area contributed by atoms with Gasteiger partial charge in [0.1, 0.15) is 0 Å². The summed E-state index contributed by atoms with van der Waals surface area (Å²) < 4.78 is 0. The number of likely N-dealkylation sites (tertiary alicyclic amines) is 1. The maximum atomic E-state index is 12.3. The van der Waals surface area contributed by atoms with Crippen molar-refractivity contribution in [1.29, 1.82) is 0 Å². The summed E-state index contributed by atoms with van der Waals surface area (Å²) in [6.45, 7) is 8.09. The van der Waals surface area contributed by atoms with Gasteiger partial charge >= 0.3 is 6.03 Å². The molecule has 1 N–H and O–H groups in total. The van der Waals surface area contributed by atoms with Crippen LogP contribution in [0.3, 0.4) is 0 Å². The molecule has 2 rings (SSSR count). The van der Waals surface area contributed by atoms with Crippen molar-refractivity contribution in [3.8, 4) is 0 Å². The third-order valence-corrected chi connectivity index (χ3v) is 4.08. The first-order valence-electron chi connectivity index (χ1n) is 7.26. The van der Waals surface area contributed by atoms with Crippen LogP contribution in [-0.2, 0) is 0 Å². The molecule has 0 bridgehead atoms. The fourth-order valence-electron chi connectivity index (χ4n) is 2.96. The first kappa shape index (κ1) is 15.2. The quantitative estimate of drug-likeness (QED) is 0.875. The van der Waals surface area contributed by atoms with Crippen LogP contribution >= 0.6 is 11.6 Å². The highest BCUT2D eigenvalue weighted by atomic mass is 35.5. The first-order valence-corrected chi connectivity index (χ1v) is 7.64. The first-order chi connectivity index (χ1) is 9.45. The second-order valence-corrected chi connectivity index (χ2v) is 6.51. The van der Waals surface area contributed by atoms with E-state index in [2.05, 4.69) is 19.2 Å². The van der Waals surface area contributed by atoms with Gasteiger partial charge in [-0.25, -0.2) is 4.79 Å². The second-order valence-electron chi connectivity index (χ2n) is 6.08. The molecule has 0 saturated carbocycles. The highest BCUT2D eigenvalue weighted by Crippen LogP contribution is 2.22. The Morgan fingerprint density at radius 3 is 2.60 bits per heavy atom. The molecular formula is C16H23ClN2O. The van der Waals surface area contributed by atoms with Crippen LogP contribution in [0.1, 0.15) is 38.8 Å². The lowest BCUT2D eigenvalue weighted by Crippen LogP contribution is -2.48. The third kappa shape index (κ3) is 3.89. The molecule has 0 spiro atoms. The van der Waals surface area contributed by atoms with Crippen molar-refractivity contribution in [2.24, 2.45) is 11.8 Å². The fraction of sp³-hybridized carbons (Fsp3) is 0.562. The van der Waals surface area contributed by atoms with Crippen molar-refractivity contribution in [3.05, 3.63) is 34.9 Å². The Labute approximate surface area is 126 Å². The third-order valence-electron chi connectivity index (χ3n) is 3.84. The van der Waals surface area contributed by atoms with Crippen LogP contribution in [-0.4, -0.2) is 24.0 Å². The Kier molecular flexibility index (Phi) is 4.92. The maximum absolute atomic E-state index is 12.3. The summed E-state index contributed by atoms with van der Waals surface area (Å²) >= 11 is 5.99. The van der Waals surface area contributed by atoms with E-state index in [-0.39, 0.29) is 12.1 Å². The lowest BCUT2D eigenvalue weighted by atomic mass is 9.92. The number of halogens is 1. The topological polar surface area (TPSA) is 32.3 Å². The second kappa shape index (κ2) is 6.49. The van der Waals surface area contributed by atoms with E-state index in [0.717, 1.165) is 18.7 Å². The summed E-state index contributed by atoms with van der Waals surface area (Å²) in [4.78, 5) is 14.3. The van der Waals surface area contributed by atoms with Crippen LogP contribution in [0.25, 0.3) is 0 Å². The van der Waals surface area contributed by atoms with Gasteiger partial charge in [-0.2, -0.15) is 0 Å². The zero-order valence-corrected chi connectivity index (χ0v) is 13.2. The predicted octanol–water partition coefficient (Wildman–Crippen LogP) is 4.09.